The van der Waals surface area contributed by atoms with Crippen LogP contribution in [0.2, 0.25) is 0 Å². The second-order valence-corrected chi connectivity index (χ2v) is 17.8. The van der Waals surface area contributed by atoms with Crippen molar-refractivity contribution in [2.75, 3.05) is 70.3 Å². The van der Waals surface area contributed by atoms with E-state index < -0.39 is 17.5 Å². The minimum Gasteiger partial charge on any atom is -0.494 e. The van der Waals surface area contributed by atoms with Gasteiger partial charge in [0, 0.05) is 79.7 Å². The van der Waals surface area contributed by atoms with Crippen molar-refractivity contribution in [1.29, 1.82) is 0 Å². The van der Waals surface area contributed by atoms with Crippen molar-refractivity contribution in [2.24, 2.45) is 0 Å². The van der Waals surface area contributed by atoms with E-state index in [-0.39, 0.29) is 30.2 Å². The highest BCUT2D eigenvalue weighted by Gasteiger charge is 2.40. The summed E-state index contributed by atoms with van der Waals surface area (Å²) in [6.07, 6.45) is 9.65. The second kappa shape index (κ2) is 22.9. The number of anilines is 2. The van der Waals surface area contributed by atoms with Gasteiger partial charge in [-0.3, -0.25) is 29.5 Å². The Morgan fingerprint density at radius 3 is 2.44 bits per heavy atom. The number of pyridine rings is 1. The minimum atomic E-state index is -0.624. The number of benzene rings is 3. The third-order valence-electron chi connectivity index (χ3n) is 12.9. The number of nitrogens with zero attached hydrogens (tertiary/aromatic N) is 5. The summed E-state index contributed by atoms with van der Waals surface area (Å²) in [5.74, 6) is 1.19. The quantitative estimate of drug-likeness (QED) is 0.0364. The number of fused-ring (bicyclic) bond motifs is 1. The van der Waals surface area contributed by atoms with Crippen molar-refractivity contribution in [2.45, 2.75) is 82.5 Å². The van der Waals surface area contributed by atoms with E-state index in [1.54, 1.807) is 23.4 Å². The summed E-state index contributed by atoms with van der Waals surface area (Å²) in [6, 6.07) is 24.1. The van der Waals surface area contributed by atoms with Crippen molar-refractivity contribution in [3.8, 4) is 17.1 Å². The molecule has 8 rings (SSSR count). The molecule has 17 heteroatoms. The molecule has 0 bridgehead atoms. The number of rotatable bonds is 23. The van der Waals surface area contributed by atoms with E-state index in [1.807, 2.05) is 79.7 Å². The monoisotopic (exact) mass is 926 g/mol. The van der Waals surface area contributed by atoms with Crippen molar-refractivity contribution >= 4 is 35.0 Å². The summed E-state index contributed by atoms with van der Waals surface area (Å²) >= 11 is 0. The van der Waals surface area contributed by atoms with Crippen molar-refractivity contribution in [3.05, 3.63) is 119 Å². The molecule has 5 aromatic rings. The number of carbonyl (C=O) groups excluding carboxylic acids is 4. The lowest BCUT2D eigenvalue weighted by Crippen LogP contribution is -2.52. The number of nitrogens with one attached hydrogen (secondary N) is 5. The Kier molecular flexibility index (Phi) is 16.1. The number of piperidine rings is 2. The van der Waals surface area contributed by atoms with Crippen LogP contribution in [-0.2, 0) is 31.1 Å². The molecule has 3 aliphatic rings. The van der Waals surface area contributed by atoms with E-state index in [1.165, 1.54) is 0 Å². The first-order chi connectivity index (χ1) is 33.1. The average Bonchev–Trinajstić information content (AvgIpc) is 3.98. The maximum Gasteiger partial charge on any atom is 0.255 e. The fourth-order valence-corrected chi connectivity index (χ4v) is 8.91. The summed E-state index contributed by atoms with van der Waals surface area (Å²) in [5, 5.41) is 21.7. The fraction of sp³-hybridized carbons (Fsp3) is 0.431. The number of amides is 4. The van der Waals surface area contributed by atoms with Crippen LogP contribution in [0, 0.1) is 0 Å². The zero-order chi connectivity index (χ0) is 47.3. The maximum atomic E-state index is 13.6. The van der Waals surface area contributed by atoms with Gasteiger partial charge in [-0.15, -0.1) is 10.2 Å². The normalized spacial score (nSPS) is 17.4. The Hall–Kier alpha value is -6.69. The van der Waals surface area contributed by atoms with Gasteiger partial charge in [0.2, 0.25) is 11.8 Å². The standard InChI is InChI=1S/C51H62N10O7/c1-35(54-47(63)38-10-7-11-41(31-38)57-51(19-24-60(2)25-20-51)50-56-46(58-59-50)36-17-21-52-22-18-36)37-9-8-12-42(33-37)68-27-6-4-3-5-26-66-29-30-67-28-23-53-40-13-14-43-39(32-40)34-61(49(43)65)44-15-16-45(62)55-48(44)64/h7-14,17-18,21-22,31-33,35,44,53,57H,3-6,15-16,19-20,23-30,34H2,1-2H3,(H,54,63)(H,55,62,64)(H,56,58,59)/t35-,44?/m1/s1. The molecule has 2 saturated heterocycles. The Morgan fingerprint density at radius 2 is 1.63 bits per heavy atom. The van der Waals surface area contributed by atoms with Crippen LogP contribution in [0.5, 0.6) is 5.75 Å². The molecule has 3 aromatic carbocycles. The summed E-state index contributed by atoms with van der Waals surface area (Å²) in [4.78, 5) is 61.8. The Labute approximate surface area is 397 Å². The largest absolute Gasteiger partial charge is 0.494 e. The molecule has 4 amide bonds. The van der Waals surface area contributed by atoms with E-state index in [0.29, 0.717) is 69.5 Å². The smallest absolute Gasteiger partial charge is 0.255 e. The van der Waals surface area contributed by atoms with Gasteiger partial charge in [0.05, 0.1) is 38.0 Å². The lowest BCUT2D eigenvalue weighted by Gasteiger charge is -2.40. The number of carbonyl (C=O) groups is 4. The van der Waals surface area contributed by atoms with Crippen LogP contribution < -0.4 is 26.0 Å². The molecule has 68 heavy (non-hydrogen) atoms. The number of aromatic amines is 1. The number of hydrogen-bond donors (Lipinski definition) is 5. The highest BCUT2D eigenvalue weighted by atomic mass is 16.5. The van der Waals surface area contributed by atoms with Gasteiger partial charge >= 0.3 is 0 Å². The van der Waals surface area contributed by atoms with E-state index in [2.05, 4.69) is 53.4 Å². The molecule has 2 fully saturated rings. The van der Waals surface area contributed by atoms with E-state index >= 15 is 0 Å². The van der Waals surface area contributed by atoms with Crippen molar-refractivity contribution in [3.63, 3.8) is 0 Å². The second-order valence-electron chi connectivity index (χ2n) is 17.8. The molecule has 3 aliphatic heterocycles. The molecular formula is C51H62N10O7. The molecular weight excluding hydrogens is 865 g/mol. The average molecular weight is 927 g/mol. The molecule has 5 N–H and O–H groups in total. The molecule has 358 valence electrons. The van der Waals surface area contributed by atoms with Crippen LogP contribution in [0.3, 0.4) is 0 Å². The summed E-state index contributed by atoms with van der Waals surface area (Å²) in [7, 11) is 2.12. The summed E-state index contributed by atoms with van der Waals surface area (Å²) in [5.41, 5.74) is 5.13. The number of unbranched alkanes of at least 4 members (excludes halogenated alkanes) is 3. The predicted molar refractivity (Wildman–Crippen MR) is 257 cm³/mol. The highest BCUT2D eigenvalue weighted by Crippen LogP contribution is 2.36. The molecule has 0 spiro atoms. The van der Waals surface area contributed by atoms with Gasteiger partial charge in [0.15, 0.2) is 11.6 Å². The third-order valence-corrected chi connectivity index (χ3v) is 12.9. The van der Waals surface area contributed by atoms with Gasteiger partial charge in [0.25, 0.3) is 11.8 Å². The molecule has 5 heterocycles. The van der Waals surface area contributed by atoms with Crippen LogP contribution in [0.4, 0.5) is 11.4 Å². The van der Waals surface area contributed by atoms with Crippen LogP contribution in [0.1, 0.15) is 102 Å². The number of aromatic nitrogens is 4. The van der Waals surface area contributed by atoms with Gasteiger partial charge in [-0.1, -0.05) is 24.6 Å². The van der Waals surface area contributed by atoms with Crippen LogP contribution in [0.25, 0.3) is 11.4 Å². The summed E-state index contributed by atoms with van der Waals surface area (Å²) in [6.45, 7) is 7.51. The lowest BCUT2D eigenvalue weighted by atomic mass is 9.86. The van der Waals surface area contributed by atoms with Gasteiger partial charge in [-0.2, -0.15) is 0 Å². The van der Waals surface area contributed by atoms with E-state index in [4.69, 9.17) is 14.2 Å². The Balaban J connectivity index is 0.685. The van der Waals surface area contributed by atoms with Gasteiger partial charge in [-0.05, 0) is 124 Å². The topological polar surface area (TPSA) is 205 Å². The maximum absolute atomic E-state index is 13.6. The first-order valence-electron chi connectivity index (χ1n) is 23.7. The Bertz CT molecular complexity index is 2510. The van der Waals surface area contributed by atoms with Crippen molar-refractivity contribution < 1.29 is 33.4 Å². The first kappa shape index (κ1) is 47.8. The molecule has 0 aliphatic carbocycles. The lowest BCUT2D eigenvalue weighted by molar-refractivity contribution is -0.136. The number of H-pyrrole nitrogens is 1. The van der Waals surface area contributed by atoms with Gasteiger partial charge < -0.3 is 44.9 Å². The highest BCUT2D eigenvalue weighted by molar-refractivity contribution is 6.05. The van der Waals surface area contributed by atoms with Gasteiger partial charge in [-0.25, -0.2) is 0 Å². The van der Waals surface area contributed by atoms with Crippen molar-refractivity contribution in [1.82, 2.24) is 40.6 Å². The SMILES string of the molecule is C[C@@H](NC(=O)c1cccc(NC2(c3nnc(-c4ccncc4)[nH]3)CCN(C)CC2)c1)c1cccc(OCCCCCCOCCOCCNc2ccc3c(c2)CN(C2CCC(=O)NC2=O)C3=O)c1. The number of ether oxygens (including phenoxy) is 3. The van der Waals surface area contributed by atoms with Gasteiger partial charge in [0.1, 0.15) is 11.8 Å². The molecule has 1 unspecified atom stereocenters. The molecule has 2 atom stereocenters. The van der Waals surface area contributed by atoms with Crippen LogP contribution >= 0.6 is 0 Å². The molecule has 2 aromatic heterocycles. The molecule has 17 nitrogen and oxygen atoms in total. The summed E-state index contributed by atoms with van der Waals surface area (Å²) < 4.78 is 17.6. The zero-order valence-electron chi connectivity index (χ0n) is 38.9. The zero-order valence-corrected chi connectivity index (χ0v) is 38.9. The van der Waals surface area contributed by atoms with E-state index in [9.17, 15) is 19.2 Å². The van der Waals surface area contributed by atoms with Crippen LogP contribution in [0.15, 0.2) is 91.3 Å². The molecule has 0 radical (unpaired) electrons. The number of imide groups is 1. The predicted octanol–water partition coefficient (Wildman–Crippen LogP) is 6.24. The number of hydrogen-bond acceptors (Lipinski definition) is 13. The van der Waals surface area contributed by atoms with Crippen LogP contribution in [-0.4, -0.2) is 119 Å². The minimum absolute atomic E-state index is 0.161. The Morgan fingerprint density at radius 1 is 0.853 bits per heavy atom. The fourth-order valence-electron chi connectivity index (χ4n) is 8.91. The number of likely N-dealkylation sites (tertiary alicyclic amines) is 1. The molecule has 0 saturated carbocycles. The third kappa shape index (κ3) is 12.2. The van der Waals surface area contributed by atoms with E-state index in [0.717, 1.165) is 91.3 Å². The first-order valence-corrected chi connectivity index (χ1v) is 23.7.